The molecule has 3 N–H and O–H groups in total. The van der Waals surface area contributed by atoms with Gasteiger partial charge in [0.15, 0.2) is 0 Å². The molecule has 0 saturated heterocycles. The van der Waals surface area contributed by atoms with Gasteiger partial charge in [0.05, 0.1) is 5.92 Å². The maximum absolute atomic E-state index is 12.2. The fraction of sp³-hybridized carbons (Fsp3) is 0.929. The second kappa shape index (κ2) is 7.00. The first-order chi connectivity index (χ1) is 8.10. The molecule has 0 aromatic rings. The molecule has 0 aromatic heterocycles. The predicted molar refractivity (Wildman–Crippen MR) is 71.6 cm³/mol. The Balaban J connectivity index is 2.50. The number of nitrogens with one attached hydrogen (secondary N) is 1. The van der Waals surface area contributed by atoms with E-state index in [1.165, 1.54) is 0 Å². The number of hydrogen-bond donors (Lipinski definition) is 2. The van der Waals surface area contributed by atoms with Gasteiger partial charge in [-0.25, -0.2) is 0 Å². The van der Waals surface area contributed by atoms with Crippen molar-refractivity contribution in [3.05, 3.63) is 0 Å². The molecule has 4 atom stereocenters. The second-order valence-corrected chi connectivity index (χ2v) is 5.49. The third-order valence-corrected chi connectivity index (χ3v) is 4.11. The molecule has 1 aliphatic rings. The standard InChI is InChI=1S/C14H28N2O/c1-4-7-11(5-2)16-14(17)12-9-6-8-10(3)13(12)15/h10-13H,4-9,15H2,1-3H3,(H,16,17). The minimum Gasteiger partial charge on any atom is -0.353 e. The molecule has 1 rings (SSSR count). The predicted octanol–water partition coefficient (Wildman–Crippen LogP) is 2.44. The van der Waals surface area contributed by atoms with Crippen molar-refractivity contribution in [3.63, 3.8) is 0 Å². The van der Waals surface area contributed by atoms with E-state index in [9.17, 15) is 4.79 Å². The van der Waals surface area contributed by atoms with Crippen molar-refractivity contribution in [1.82, 2.24) is 5.32 Å². The monoisotopic (exact) mass is 240 g/mol. The molecule has 3 nitrogen and oxygen atoms in total. The van der Waals surface area contributed by atoms with Crippen LogP contribution in [-0.4, -0.2) is 18.0 Å². The van der Waals surface area contributed by atoms with Crippen LogP contribution in [0.3, 0.4) is 0 Å². The van der Waals surface area contributed by atoms with Crippen molar-refractivity contribution in [2.24, 2.45) is 17.6 Å². The second-order valence-electron chi connectivity index (χ2n) is 5.49. The summed E-state index contributed by atoms with van der Waals surface area (Å²) < 4.78 is 0. The molecule has 0 bridgehead atoms. The minimum absolute atomic E-state index is 0.0321. The first kappa shape index (κ1) is 14.5. The van der Waals surface area contributed by atoms with Gasteiger partial charge in [-0.15, -0.1) is 0 Å². The third kappa shape index (κ3) is 3.98. The highest BCUT2D eigenvalue weighted by molar-refractivity contribution is 5.79. The number of nitrogens with two attached hydrogens (primary N) is 1. The minimum atomic E-state index is 0.0321. The number of hydrogen-bond acceptors (Lipinski definition) is 2. The summed E-state index contributed by atoms with van der Waals surface area (Å²) in [7, 11) is 0. The maximum atomic E-state index is 12.2. The normalized spacial score (nSPS) is 30.9. The van der Waals surface area contributed by atoms with E-state index in [1.807, 2.05) is 0 Å². The Morgan fingerprint density at radius 2 is 2.12 bits per heavy atom. The van der Waals surface area contributed by atoms with Crippen LogP contribution in [0.5, 0.6) is 0 Å². The first-order valence-electron chi connectivity index (χ1n) is 7.16. The summed E-state index contributed by atoms with van der Waals surface area (Å²) >= 11 is 0. The highest BCUT2D eigenvalue weighted by atomic mass is 16.2. The fourth-order valence-electron chi connectivity index (χ4n) is 2.78. The molecule has 0 aliphatic heterocycles. The fourth-order valence-corrected chi connectivity index (χ4v) is 2.78. The molecule has 4 unspecified atom stereocenters. The Bertz CT molecular complexity index is 242. The van der Waals surface area contributed by atoms with Gasteiger partial charge >= 0.3 is 0 Å². The van der Waals surface area contributed by atoms with Crippen LogP contribution >= 0.6 is 0 Å². The molecule has 0 radical (unpaired) electrons. The zero-order chi connectivity index (χ0) is 12.8. The molecular formula is C14H28N2O. The largest absolute Gasteiger partial charge is 0.353 e. The molecule has 1 amide bonds. The average Bonchev–Trinajstić information content (AvgIpc) is 2.31. The molecule has 0 spiro atoms. The zero-order valence-corrected chi connectivity index (χ0v) is 11.5. The van der Waals surface area contributed by atoms with Crippen molar-refractivity contribution in [3.8, 4) is 0 Å². The van der Waals surface area contributed by atoms with Crippen LogP contribution in [0.15, 0.2) is 0 Å². The number of amides is 1. The van der Waals surface area contributed by atoms with Gasteiger partial charge in [-0.2, -0.15) is 0 Å². The van der Waals surface area contributed by atoms with Crippen LogP contribution in [0.2, 0.25) is 0 Å². The quantitative estimate of drug-likeness (QED) is 0.775. The van der Waals surface area contributed by atoms with E-state index in [0.717, 1.165) is 38.5 Å². The molecule has 1 saturated carbocycles. The molecule has 1 fully saturated rings. The SMILES string of the molecule is CCCC(CC)NC(=O)C1CCCC(C)C1N. The van der Waals surface area contributed by atoms with E-state index in [0.29, 0.717) is 12.0 Å². The lowest BCUT2D eigenvalue weighted by molar-refractivity contribution is -0.127. The number of carbonyl (C=O) groups is 1. The van der Waals surface area contributed by atoms with E-state index < -0.39 is 0 Å². The molecule has 17 heavy (non-hydrogen) atoms. The Hall–Kier alpha value is -0.570. The number of rotatable bonds is 5. The van der Waals surface area contributed by atoms with Crippen molar-refractivity contribution in [2.45, 2.75) is 71.4 Å². The summed E-state index contributed by atoms with van der Waals surface area (Å²) in [5, 5.41) is 3.17. The lowest BCUT2D eigenvalue weighted by Crippen LogP contribution is -2.49. The Morgan fingerprint density at radius 3 is 2.71 bits per heavy atom. The summed E-state index contributed by atoms with van der Waals surface area (Å²) in [5.74, 6) is 0.694. The van der Waals surface area contributed by atoms with E-state index in [-0.39, 0.29) is 17.9 Å². The Morgan fingerprint density at radius 1 is 1.41 bits per heavy atom. The molecular weight excluding hydrogens is 212 g/mol. The lowest BCUT2D eigenvalue weighted by atomic mass is 9.77. The van der Waals surface area contributed by atoms with Gasteiger partial charge in [-0.1, -0.05) is 33.6 Å². The van der Waals surface area contributed by atoms with Crippen LogP contribution < -0.4 is 11.1 Å². The van der Waals surface area contributed by atoms with Crippen molar-refractivity contribution in [2.75, 3.05) is 0 Å². The molecule has 1 aliphatic carbocycles. The van der Waals surface area contributed by atoms with Crippen molar-refractivity contribution < 1.29 is 4.79 Å². The van der Waals surface area contributed by atoms with E-state index in [2.05, 4.69) is 26.1 Å². The third-order valence-electron chi connectivity index (χ3n) is 4.11. The molecule has 100 valence electrons. The van der Waals surface area contributed by atoms with Crippen molar-refractivity contribution in [1.29, 1.82) is 0 Å². The van der Waals surface area contributed by atoms with Gasteiger partial charge in [-0.05, 0) is 31.6 Å². The van der Waals surface area contributed by atoms with Gasteiger partial charge in [0, 0.05) is 12.1 Å². The zero-order valence-electron chi connectivity index (χ0n) is 11.5. The van der Waals surface area contributed by atoms with E-state index in [4.69, 9.17) is 5.73 Å². The van der Waals surface area contributed by atoms with Crippen molar-refractivity contribution >= 4 is 5.91 Å². The summed E-state index contributed by atoms with van der Waals surface area (Å²) in [6.45, 7) is 6.45. The van der Waals surface area contributed by atoms with Crippen LogP contribution in [0.1, 0.15) is 59.3 Å². The lowest BCUT2D eigenvalue weighted by Gasteiger charge is -2.33. The summed E-state index contributed by atoms with van der Waals surface area (Å²) in [6.07, 6.45) is 6.46. The van der Waals surface area contributed by atoms with Gasteiger partial charge in [-0.3, -0.25) is 4.79 Å². The van der Waals surface area contributed by atoms with Gasteiger partial charge in [0.1, 0.15) is 0 Å². The van der Waals surface area contributed by atoms with Crippen LogP contribution in [0, 0.1) is 11.8 Å². The van der Waals surface area contributed by atoms with Crippen LogP contribution in [0.25, 0.3) is 0 Å². The average molecular weight is 240 g/mol. The summed E-state index contributed by atoms with van der Waals surface area (Å²) in [4.78, 5) is 12.2. The smallest absolute Gasteiger partial charge is 0.224 e. The highest BCUT2D eigenvalue weighted by Crippen LogP contribution is 2.28. The topological polar surface area (TPSA) is 55.1 Å². The van der Waals surface area contributed by atoms with E-state index in [1.54, 1.807) is 0 Å². The van der Waals surface area contributed by atoms with Gasteiger partial charge < -0.3 is 11.1 Å². The van der Waals surface area contributed by atoms with Gasteiger partial charge in [0.25, 0.3) is 0 Å². The molecule has 3 heteroatoms. The number of carbonyl (C=O) groups excluding carboxylic acids is 1. The highest BCUT2D eigenvalue weighted by Gasteiger charge is 2.33. The van der Waals surface area contributed by atoms with E-state index >= 15 is 0 Å². The molecule has 0 heterocycles. The molecule has 0 aromatic carbocycles. The summed E-state index contributed by atoms with van der Waals surface area (Å²) in [5.41, 5.74) is 6.15. The van der Waals surface area contributed by atoms with Crippen LogP contribution in [0.4, 0.5) is 0 Å². The maximum Gasteiger partial charge on any atom is 0.224 e. The van der Waals surface area contributed by atoms with Gasteiger partial charge in [0.2, 0.25) is 5.91 Å². The summed E-state index contributed by atoms with van der Waals surface area (Å²) in [6, 6.07) is 0.375. The Labute approximate surface area is 106 Å². The van der Waals surface area contributed by atoms with Crippen LogP contribution in [-0.2, 0) is 4.79 Å². The first-order valence-corrected chi connectivity index (χ1v) is 7.16. The Kier molecular flexibility index (Phi) is 5.96.